The van der Waals surface area contributed by atoms with E-state index in [0.717, 1.165) is 24.0 Å². The molecule has 1 aromatic carbocycles. The molecule has 0 aliphatic heterocycles. The molecule has 1 N–H and O–H groups in total. The largest absolute Gasteiger partial charge is 0.416 e. The number of alkyl halides is 3. The highest BCUT2D eigenvalue weighted by Gasteiger charge is 2.52. The number of pyridine rings is 1. The molecule has 1 atom stereocenters. The van der Waals surface area contributed by atoms with Gasteiger partial charge in [0.2, 0.25) is 0 Å². The van der Waals surface area contributed by atoms with Crippen molar-refractivity contribution < 1.29 is 18.3 Å². The topological polar surface area (TPSA) is 33.1 Å². The lowest BCUT2D eigenvalue weighted by molar-refractivity contribution is -0.139. The van der Waals surface area contributed by atoms with Crippen molar-refractivity contribution in [3.05, 3.63) is 65.5 Å². The molecular formula is C16H14F3NO. The first-order valence-electron chi connectivity index (χ1n) is 6.70. The van der Waals surface area contributed by atoms with Crippen LogP contribution in [-0.2, 0) is 11.6 Å². The Labute approximate surface area is 120 Å². The summed E-state index contributed by atoms with van der Waals surface area (Å²) in [4.78, 5) is 3.75. The van der Waals surface area contributed by atoms with Crippen LogP contribution in [0.1, 0.15) is 35.6 Å². The van der Waals surface area contributed by atoms with Gasteiger partial charge in [0, 0.05) is 23.4 Å². The van der Waals surface area contributed by atoms with Crippen molar-refractivity contribution in [2.75, 3.05) is 0 Å². The molecule has 0 saturated heterocycles. The van der Waals surface area contributed by atoms with Gasteiger partial charge in [0.25, 0.3) is 0 Å². The van der Waals surface area contributed by atoms with Crippen LogP contribution in [0, 0.1) is 0 Å². The summed E-state index contributed by atoms with van der Waals surface area (Å²) in [7, 11) is 0. The Kier molecular flexibility index (Phi) is 3.24. The normalized spacial score (nSPS) is 18.3. The maximum Gasteiger partial charge on any atom is 0.416 e. The zero-order valence-corrected chi connectivity index (χ0v) is 11.1. The van der Waals surface area contributed by atoms with Gasteiger partial charge in [-0.25, -0.2) is 0 Å². The third-order valence-electron chi connectivity index (χ3n) is 4.11. The van der Waals surface area contributed by atoms with E-state index in [1.807, 2.05) is 30.3 Å². The predicted octanol–water partition coefficient (Wildman–Crippen LogP) is 3.87. The van der Waals surface area contributed by atoms with Crippen LogP contribution >= 0.6 is 0 Å². The Balaban J connectivity index is 2.03. The summed E-state index contributed by atoms with van der Waals surface area (Å²) in [5.41, 5.74) is -0.711. The van der Waals surface area contributed by atoms with Crippen LogP contribution in [0.15, 0.2) is 48.8 Å². The van der Waals surface area contributed by atoms with Crippen LogP contribution in [0.4, 0.5) is 13.2 Å². The van der Waals surface area contributed by atoms with Crippen molar-refractivity contribution in [1.82, 2.24) is 4.98 Å². The van der Waals surface area contributed by atoms with Gasteiger partial charge in [-0.1, -0.05) is 30.3 Å². The molecule has 2 nitrogen and oxygen atoms in total. The molecule has 0 amide bonds. The van der Waals surface area contributed by atoms with Gasteiger partial charge in [-0.15, -0.1) is 0 Å². The van der Waals surface area contributed by atoms with E-state index in [2.05, 4.69) is 4.98 Å². The highest BCUT2D eigenvalue weighted by atomic mass is 19.4. The first kappa shape index (κ1) is 14.1. The van der Waals surface area contributed by atoms with E-state index in [0.29, 0.717) is 12.8 Å². The van der Waals surface area contributed by atoms with Crippen molar-refractivity contribution in [2.45, 2.75) is 30.5 Å². The summed E-state index contributed by atoms with van der Waals surface area (Å²) in [5.74, 6) is 0. The third kappa shape index (κ3) is 2.42. The first-order chi connectivity index (χ1) is 9.95. The molecule has 5 heteroatoms. The average Bonchev–Trinajstić information content (AvgIpc) is 3.28. The van der Waals surface area contributed by atoms with E-state index in [1.54, 1.807) is 0 Å². The molecule has 1 saturated carbocycles. The van der Waals surface area contributed by atoms with Crippen LogP contribution in [0.2, 0.25) is 0 Å². The fourth-order valence-corrected chi connectivity index (χ4v) is 2.81. The molecule has 1 aliphatic rings. The molecule has 21 heavy (non-hydrogen) atoms. The summed E-state index contributed by atoms with van der Waals surface area (Å²) in [5, 5.41) is 10.6. The number of aliphatic hydroxyl groups excluding tert-OH is 1. The first-order valence-corrected chi connectivity index (χ1v) is 6.70. The van der Waals surface area contributed by atoms with E-state index >= 15 is 0 Å². The Morgan fingerprint density at radius 2 is 1.76 bits per heavy atom. The number of hydrogen-bond acceptors (Lipinski definition) is 2. The number of aliphatic hydroxyl groups is 1. The molecule has 1 heterocycles. The second-order valence-electron chi connectivity index (χ2n) is 5.39. The molecule has 3 rings (SSSR count). The molecule has 110 valence electrons. The van der Waals surface area contributed by atoms with Crippen molar-refractivity contribution in [2.24, 2.45) is 0 Å². The fraction of sp³-hybridized carbons (Fsp3) is 0.312. The van der Waals surface area contributed by atoms with Gasteiger partial charge in [-0.2, -0.15) is 13.2 Å². The minimum atomic E-state index is -4.49. The summed E-state index contributed by atoms with van der Waals surface area (Å²) >= 11 is 0. The molecule has 1 fully saturated rings. The number of hydrogen-bond donors (Lipinski definition) is 1. The number of rotatable bonds is 3. The van der Waals surface area contributed by atoms with Crippen LogP contribution in [-0.4, -0.2) is 10.1 Å². The van der Waals surface area contributed by atoms with Crippen LogP contribution in [0.25, 0.3) is 0 Å². The summed E-state index contributed by atoms with van der Waals surface area (Å²) in [6, 6.07) is 10.1. The Morgan fingerprint density at radius 1 is 1.10 bits per heavy atom. The van der Waals surface area contributed by atoms with Crippen LogP contribution < -0.4 is 0 Å². The van der Waals surface area contributed by atoms with Gasteiger partial charge < -0.3 is 5.11 Å². The van der Waals surface area contributed by atoms with Gasteiger partial charge in [0.1, 0.15) is 0 Å². The van der Waals surface area contributed by atoms with Gasteiger partial charge in [0.15, 0.2) is 0 Å². The minimum absolute atomic E-state index is 0.147. The van der Waals surface area contributed by atoms with E-state index < -0.39 is 23.3 Å². The second kappa shape index (κ2) is 4.84. The van der Waals surface area contributed by atoms with E-state index in [1.165, 1.54) is 0 Å². The molecule has 0 bridgehead atoms. The molecular weight excluding hydrogens is 279 g/mol. The average molecular weight is 293 g/mol. The van der Waals surface area contributed by atoms with Gasteiger partial charge in [0.05, 0.1) is 11.7 Å². The van der Waals surface area contributed by atoms with Crippen LogP contribution in [0.5, 0.6) is 0 Å². The van der Waals surface area contributed by atoms with Crippen molar-refractivity contribution >= 4 is 0 Å². The molecule has 0 radical (unpaired) electrons. The SMILES string of the molecule is OC(c1cnccc1C(F)(F)F)C1(c2ccccc2)CC1. The zero-order chi connectivity index (χ0) is 15.1. The van der Waals surface area contributed by atoms with Crippen LogP contribution in [0.3, 0.4) is 0 Å². The second-order valence-corrected chi connectivity index (χ2v) is 5.39. The lowest BCUT2D eigenvalue weighted by atomic mass is 9.85. The Bertz CT molecular complexity index is 635. The highest BCUT2D eigenvalue weighted by molar-refractivity contribution is 5.39. The third-order valence-corrected chi connectivity index (χ3v) is 4.11. The lowest BCUT2D eigenvalue weighted by Gasteiger charge is -2.25. The lowest BCUT2D eigenvalue weighted by Crippen LogP contribution is -2.22. The molecule has 0 spiro atoms. The maximum absolute atomic E-state index is 13.1. The van der Waals surface area contributed by atoms with E-state index in [-0.39, 0.29) is 5.56 Å². The Morgan fingerprint density at radius 3 is 2.33 bits per heavy atom. The smallest absolute Gasteiger partial charge is 0.387 e. The van der Waals surface area contributed by atoms with Gasteiger partial charge >= 0.3 is 6.18 Å². The number of halogens is 3. The Hall–Kier alpha value is -1.88. The summed E-state index contributed by atoms with van der Waals surface area (Å²) < 4.78 is 39.2. The number of benzene rings is 1. The van der Waals surface area contributed by atoms with Gasteiger partial charge in [-0.3, -0.25) is 4.98 Å². The van der Waals surface area contributed by atoms with Crippen molar-refractivity contribution in [3.8, 4) is 0 Å². The molecule has 2 aromatic rings. The molecule has 1 unspecified atom stereocenters. The fourth-order valence-electron chi connectivity index (χ4n) is 2.81. The zero-order valence-electron chi connectivity index (χ0n) is 11.1. The van der Waals surface area contributed by atoms with Crippen molar-refractivity contribution in [1.29, 1.82) is 0 Å². The predicted molar refractivity (Wildman–Crippen MR) is 71.6 cm³/mol. The summed E-state index contributed by atoms with van der Waals surface area (Å²) in [6.07, 6.45) is -2.14. The van der Waals surface area contributed by atoms with Crippen molar-refractivity contribution in [3.63, 3.8) is 0 Å². The van der Waals surface area contributed by atoms with Gasteiger partial charge in [-0.05, 0) is 24.5 Å². The van der Waals surface area contributed by atoms with E-state index in [4.69, 9.17) is 0 Å². The quantitative estimate of drug-likeness (QED) is 0.932. The monoisotopic (exact) mass is 293 g/mol. The standard InChI is InChI=1S/C16H14F3NO/c17-16(18,19)13-6-9-20-10-12(13)14(21)15(7-8-15)11-4-2-1-3-5-11/h1-6,9-10,14,21H,7-8H2. The van der Waals surface area contributed by atoms with E-state index in [9.17, 15) is 18.3 Å². The number of aromatic nitrogens is 1. The minimum Gasteiger partial charge on any atom is -0.387 e. The summed E-state index contributed by atoms with van der Waals surface area (Å²) in [6.45, 7) is 0. The number of nitrogens with zero attached hydrogens (tertiary/aromatic N) is 1. The highest BCUT2D eigenvalue weighted by Crippen LogP contribution is 2.57. The maximum atomic E-state index is 13.1. The molecule has 1 aromatic heterocycles. The molecule has 1 aliphatic carbocycles.